The fourth-order valence-electron chi connectivity index (χ4n) is 6.74. The van der Waals surface area contributed by atoms with E-state index in [1.165, 1.54) is 46.3 Å². The molecule has 1 fully saturated rings. The first-order valence-corrected chi connectivity index (χ1v) is 15.2. The van der Waals surface area contributed by atoms with Gasteiger partial charge in [0.2, 0.25) is 0 Å². The normalized spacial score (nSPS) is 22.1. The number of carbonyl (C=O) groups excluding carboxylic acids is 1. The van der Waals surface area contributed by atoms with Crippen molar-refractivity contribution >= 4 is 5.78 Å². The van der Waals surface area contributed by atoms with Gasteiger partial charge in [0.25, 0.3) is 0 Å². The summed E-state index contributed by atoms with van der Waals surface area (Å²) in [5, 5.41) is 0. The highest BCUT2D eigenvalue weighted by molar-refractivity contribution is 5.92. The lowest BCUT2D eigenvalue weighted by molar-refractivity contribution is -0.115. The van der Waals surface area contributed by atoms with Crippen molar-refractivity contribution < 1.29 is 9.53 Å². The number of hydrogen-bond acceptors (Lipinski definition) is 3. The van der Waals surface area contributed by atoms with E-state index in [2.05, 4.69) is 105 Å². The highest BCUT2D eigenvalue weighted by atomic mass is 16.5. The maximum absolute atomic E-state index is 13.0. The van der Waals surface area contributed by atoms with E-state index in [0.29, 0.717) is 12.3 Å². The molecule has 0 bridgehead atoms. The van der Waals surface area contributed by atoms with Gasteiger partial charge in [-0.05, 0) is 97.5 Å². The first-order valence-electron chi connectivity index (χ1n) is 15.2. The average molecular weight is 536 g/mol. The third kappa shape index (κ3) is 7.00. The summed E-state index contributed by atoms with van der Waals surface area (Å²) in [6.45, 7) is 5.02. The van der Waals surface area contributed by atoms with Gasteiger partial charge >= 0.3 is 0 Å². The molecule has 1 aliphatic heterocycles. The number of allylic oxidation sites excluding steroid dienone is 8. The number of likely N-dealkylation sites (N-methyl/N-ethyl adjacent to an activating group) is 1. The van der Waals surface area contributed by atoms with E-state index in [9.17, 15) is 4.79 Å². The Balaban J connectivity index is 1.44. The highest BCUT2D eigenvalue weighted by Crippen LogP contribution is 2.42. The maximum Gasteiger partial charge on any atom is 0.156 e. The van der Waals surface area contributed by atoms with Crippen LogP contribution in [-0.2, 0) is 9.53 Å². The summed E-state index contributed by atoms with van der Waals surface area (Å²) in [7, 11) is 4.26. The molecule has 0 radical (unpaired) electrons. The van der Waals surface area contributed by atoms with Crippen LogP contribution in [0, 0.1) is 5.92 Å². The zero-order chi connectivity index (χ0) is 27.9. The number of benzene rings is 2. The van der Waals surface area contributed by atoms with Crippen LogP contribution in [0.3, 0.4) is 0 Å². The Morgan fingerprint density at radius 2 is 1.62 bits per heavy atom. The van der Waals surface area contributed by atoms with E-state index < -0.39 is 0 Å². The molecule has 40 heavy (non-hydrogen) atoms. The number of carbonyl (C=O) groups is 1. The minimum absolute atomic E-state index is 0.123. The van der Waals surface area contributed by atoms with E-state index >= 15 is 0 Å². The third-order valence-electron chi connectivity index (χ3n) is 8.98. The van der Waals surface area contributed by atoms with Gasteiger partial charge in [-0.25, -0.2) is 0 Å². The first-order chi connectivity index (χ1) is 19.5. The molecule has 2 aromatic rings. The lowest BCUT2D eigenvalue weighted by Crippen LogP contribution is -2.28. The second kappa shape index (κ2) is 13.6. The van der Waals surface area contributed by atoms with Gasteiger partial charge in [0.05, 0.1) is 0 Å². The van der Waals surface area contributed by atoms with Crippen LogP contribution in [-0.4, -0.2) is 44.5 Å². The van der Waals surface area contributed by atoms with Crippen LogP contribution in [0.4, 0.5) is 0 Å². The summed E-state index contributed by atoms with van der Waals surface area (Å²) in [6.07, 6.45) is 17.1. The SMILES string of the molecule is CC(C1=CCC=C2C=CC(=O)CC(C(CN(C)C)c3ccccc3)C2=C1)c1ccc(C2CCCOCCC2)cc1. The summed E-state index contributed by atoms with van der Waals surface area (Å²) in [5.41, 5.74) is 7.99. The minimum Gasteiger partial charge on any atom is -0.381 e. The van der Waals surface area contributed by atoms with E-state index in [0.717, 1.165) is 39.0 Å². The van der Waals surface area contributed by atoms with Crippen molar-refractivity contribution in [3.05, 3.63) is 118 Å². The molecule has 1 heterocycles. The fourth-order valence-corrected chi connectivity index (χ4v) is 6.74. The van der Waals surface area contributed by atoms with Gasteiger partial charge in [-0.2, -0.15) is 0 Å². The Morgan fingerprint density at radius 1 is 0.900 bits per heavy atom. The summed E-state index contributed by atoms with van der Waals surface area (Å²) in [6, 6.07) is 20.2. The Kier molecular flexibility index (Phi) is 9.67. The van der Waals surface area contributed by atoms with E-state index in [-0.39, 0.29) is 23.5 Å². The molecule has 3 heteroatoms. The predicted molar refractivity (Wildman–Crippen MR) is 166 cm³/mol. The van der Waals surface area contributed by atoms with Crippen LogP contribution in [0.25, 0.3) is 0 Å². The smallest absolute Gasteiger partial charge is 0.156 e. The molecule has 0 saturated carbocycles. The van der Waals surface area contributed by atoms with E-state index in [4.69, 9.17) is 4.74 Å². The summed E-state index contributed by atoms with van der Waals surface area (Å²) >= 11 is 0. The van der Waals surface area contributed by atoms with Crippen LogP contribution in [0.15, 0.2) is 102 Å². The molecular formula is C37H45NO2. The quantitative estimate of drug-likeness (QED) is 0.358. The molecular weight excluding hydrogens is 490 g/mol. The van der Waals surface area contributed by atoms with Crippen LogP contribution in [0.1, 0.15) is 79.9 Å². The number of ketones is 1. The van der Waals surface area contributed by atoms with Crippen LogP contribution < -0.4 is 0 Å². The molecule has 0 N–H and O–H groups in total. The van der Waals surface area contributed by atoms with Gasteiger partial charge in [0, 0.05) is 38.0 Å². The van der Waals surface area contributed by atoms with Crippen LogP contribution >= 0.6 is 0 Å². The zero-order valence-electron chi connectivity index (χ0n) is 24.5. The number of hydrogen-bond donors (Lipinski definition) is 0. The van der Waals surface area contributed by atoms with Crippen LogP contribution in [0.2, 0.25) is 0 Å². The molecule has 3 nitrogen and oxygen atoms in total. The maximum atomic E-state index is 13.0. The Labute approximate surface area is 241 Å². The second-order valence-electron chi connectivity index (χ2n) is 12.1. The van der Waals surface area contributed by atoms with Crippen molar-refractivity contribution in [3.8, 4) is 0 Å². The molecule has 5 rings (SSSR count). The lowest BCUT2D eigenvalue weighted by atomic mass is 9.75. The average Bonchev–Trinajstić information content (AvgIpc) is 3.24. The molecule has 3 atom stereocenters. The number of ether oxygens (including phenoxy) is 1. The molecule has 3 aliphatic rings. The predicted octanol–water partition coefficient (Wildman–Crippen LogP) is 8.14. The Bertz CT molecular complexity index is 1260. The molecule has 3 unspecified atom stereocenters. The van der Waals surface area contributed by atoms with Gasteiger partial charge in [-0.3, -0.25) is 4.79 Å². The Morgan fingerprint density at radius 3 is 2.33 bits per heavy atom. The molecule has 2 aliphatic carbocycles. The summed E-state index contributed by atoms with van der Waals surface area (Å²) < 4.78 is 5.66. The van der Waals surface area contributed by atoms with Crippen molar-refractivity contribution in [3.63, 3.8) is 0 Å². The van der Waals surface area contributed by atoms with Crippen LogP contribution in [0.5, 0.6) is 0 Å². The van der Waals surface area contributed by atoms with Crippen molar-refractivity contribution in [2.45, 2.75) is 63.2 Å². The third-order valence-corrected chi connectivity index (χ3v) is 8.98. The largest absolute Gasteiger partial charge is 0.381 e. The molecule has 2 aromatic carbocycles. The summed E-state index contributed by atoms with van der Waals surface area (Å²) in [4.78, 5) is 15.3. The van der Waals surface area contributed by atoms with Gasteiger partial charge in [0.1, 0.15) is 0 Å². The summed E-state index contributed by atoms with van der Waals surface area (Å²) in [5.74, 6) is 1.50. The fraction of sp³-hybridized carbons (Fsp3) is 0.432. The molecule has 210 valence electrons. The molecule has 0 aromatic heterocycles. The molecule has 0 amide bonds. The van der Waals surface area contributed by atoms with Crippen molar-refractivity contribution in [1.82, 2.24) is 4.90 Å². The first kappa shape index (κ1) is 28.5. The zero-order valence-corrected chi connectivity index (χ0v) is 24.5. The second-order valence-corrected chi connectivity index (χ2v) is 12.1. The molecule has 0 spiro atoms. The van der Waals surface area contributed by atoms with E-state index in [1.807, 2.05) is 0 Å². The van der Waals surface area contributed by atoms with Gasteiger partial charge in [-0.15, -0.1) is 0 Å². The number of nitrogens with zero attached hydrogens (tertiary/aromatic N) is 1. The standard InChI is InChI=1S/C37H45NO2/c1-27(28-16-18-30(19-17-28)29-14-8-22-40-23-9-15-29)33-13-7-12-32-20-21-34(39)25-36(35(32)24-33)37(26-38(2)3)31-10-5-4-6-11-31/h4-6,10-13,16-21,24,27,29,36-37H,7-9,14-15,22-23,25-26H2,1-3H3. The van der Waals surface area contributed by atoms with Gasteiger partial charge in [-0.1, -0.05) is 85.8 Å². The number of fused-ring (bicyclic) bond motifs is 1. The Hall–Kier alpha value is -3.01. The van der Waals surface area contributed by atoms with Gasteiger partial charge in [0.15, 0.2) is 5.78 Å². The number of rotatable bonds is 7. The van der Waals surface area contributed by atoms with Crippen molar-refractivity contribution in [2.75, 3.05) is 33.9 Å². The topological polar surface area (TPSA) is 29.5 Å². The molecule has 1 saturated heterocycles. The van der Waals surface area contributed by atoms with Crippen molar-refractivity contribution in [1.29, 1.82) is 0 Å². The lowest BCUT2D eigenvalue weighted by Gasteiger charge is -2.31. The monoisotopic (exact) mass is 535 g/mol. The highest BCUT2D eigenvalue weighted by Gasteiger charge is 2.32. The van der Waals surface area contributed by atoms with Gasteiger partial charge < -0.3 is 9.64 Å². The van der Waals surface area contributed by atoms with Crippen molar-refractivity contribution in [2.24, 2.45) is 5.92 Å². The van der Waals surface area contributed by atoms with E-state index in [1.54, 1.807) is 6.08 Å². The minimum atomic E-state index is 0.123.